The number of hydrogen-bond acceptors (Lipinski definition) is 5. The maximum atomic E-state index is 12.6. The maximum absolute atomic E-state index is 12.6. The Morgan fingerprint density at radius 1 is 1.17 bits per heavy atom. The largest absolute Gasteiger partial charge is 0.466 e. The van der Waals surface area contributed by atoms with Gasteiger partial charge < -0.3 is 15.0 Å². The first-order valence-corrected chi connectivity index (χ1v) is 10.2. The molecule has 0 saturated carbocycles. The normalized spacial score (nSPS) is 16.3. The summed E-state index contributed by atoms with van der Waals surface area (Å²) in [5, 5.41) is 3.91. The van der Waals surface area contributed by atoms with Gasteiger partial charge in [0, 0.05) is 30.4 Å². The highest BCUT2D eigenvalue weighted by molar-refractivity contribution is 5.90. The Balaban J connectivity index is 1.41. The zero-order chi connectivity index (χ0) is 20.9. The van der Waals surface area contributed by atoms with Crippen LogP contribution in [0.25, 0.3) is 22.0 Å². The number of carbonyl (C=O) groups excluding carboxylic acids is 2. The SMILES string of the molecule is CCOC(=O)C1CCCN(C(=O)Nc2ccc(-c3ccc4ncncc4c3)cc2)C1. The van der Waals surface area contributed by atoms with Crippen LogP contribution in [-0.2, 0) is 9.53 Å². The first kappa shape index (κ1) is 19.8. The van der Waals surface area contributed by atoms with Gasteiger partial charge in [0.15, 0.2) is 0 Å². The molecule has 1 aliphatic rings. The number of esters is 1. The van der Waals surface area contributed by atoms with Gasteiger partial charge in [0.05, 0.1) is 18.0 Å². The quantitative estimate of drug-likeness (QED) is 0.662. The van der Waals surface area contributed by atoms with E-state index in [-0.39, 0.29) is 17.9 Å². The summed E-state index contributed by atoms with van der Waals surface area (Å²) in [6.07, 6.45) is 4.88. The van der Waals surface area contributed by atoms with E-state index >= 15 is 0 Å². The van der Waals surface area contributed by atoms with Gasteiger partial charge in [-0.3, -0.25) is 4.79 Å². The summed E-state index contributed by atoms with van der Waals surface area (Å²) in [6.45, 7) is 3.18. The average molecular weight is 404 g/mol. The number of benzene rings is 2. The van der Waals surface area contributed by atoms with Crippen LogP contribution in [0.5, 0.6) is 0 Å². The van der Waals surface area contributed by atoms with Gasteiger partial charge in [-0.15, -0.1) is 0 Å². The molecule has 7 heteroatoms. The third-order valence-corrected chi connectivity index (χ3v) is 5.30. The predicted octanol–water partition coefficient (Wildman–Crippen LogP) is 4.10. The Hall–Kier alpha value is -3.48. The number of carbonyl (C=O) groups is 2. The molecule has 0 spiro atoms. The van der Waals surface area contributed by atoms with Crippen LogP contribution in [0, 0.1) is 5.92 Å². The molecule has 0 aliphatic carbocycles. The number of aromatic nitrogens is 2. The number of nitrogens with zero attached hydrogens (tertiary/aromatic N) is 3. The smallest absolute Gasteiger partial charge is 0.321 e. The zero-order valence-electron chi connectivity index (χ0n) is 16.9. The number of anilines is 1. The van der Waals surface area contributed by atoms with Crippen molar-refractivity contribution < 1.29 is 14.3 Å². The Labute approximate surface area is 175 Å². The fourth-order valence-electron chi connectivity index (χ4n) is 3.73. The first-order chi connectivity index (χ1) is 14.6. The van der Waals surface area contributed by atoms with E-state index in [2.05, 4.69) is 15.3 Å². The second kappa shape index (κ2) is 8.90. The molecule has 0 bridgehead atoms. The van der Waals surface area contributed by atoms with Crippen LogP contribution in [0.2, 0.25) is 0 Å². The van der Waals surface area contributed by atoms with Gasteiger partial charge in [-0.25, -0.2) is 14.8 Å². The van der Waals surface area contributed by atoms with Crippen LogP contribution in [0.1, 0.15) is 19.8 Å². The molecule has 2 amide bonds. The van der Waals surface area contributed by atoms with E-state index in [9.17, 15) is 9.59 Å². The molecule has 1 aromatic heterocycles. The fourth-order valence-corrected chi connectivity index (χ4v) is 3.73. The number of fused-ring (bicyclic) bond motifs is 1. The number of piperidine rings is 1. The third kappa shape index (κ3) is 4.40. The lowest BCUT2D eigenvalue weighted by Gasteiger charge is -2.31. The second-order valence-corrected chi connectivity index (χ2v) is 7.34. The Kier molecular flexibility index (Phi) is 5.88. The number of rotatable bonds is 4. The van der Waals surface area contributed by atoms with E-state index in [0.717, 1.165) is 34.9 Å². The van der Waals surface area contributed by atoms with Crippen molar-refractivity contribution in [3.8, 4) is 11.1 Å². The molecule has 30 heavy (non-hydrogen) atoms. The molecule has 2 aromatic carbocycles. The molecule has 1 saturated heterocycles. The minimum atomic E-state index is -0.247. The number of nitrogens with one attached hydrogen (secondary N) is 1. The number of amides is 2. The predicted molar refractivity (Wildman–Crippen MR) is 115 cm³/mol. The average Bonchev–Trinajstić information content (AvgIpc) is 2.79. The van der Waals surface area contributed by atoms with E-state index in [1.54, 1.807) is 18.0 Å². The van der Waals surface area contributed by atoms with Gasteiger partial charge in [0.1, 0.15) is 6.33 Å². The summed E-state index contributed by atoms with van der Waals surface area (Å²) in [4.78, 5) is 34.6. The zero-order valence-corrected chi connectivity index (χ0v) is 16.9. The molecule has 1 aliphatic heterocycles. The molecule has 3 aromatic rings. The summed E-state index contributed by atoms with van der Waals surface area (Å²) < 4.78 is 5.10. The monoisotopic (exact) mass is 404 g/mol. The summed E-state index contributed by atoms with van der Waals surface area (Å²) in [6, 6.07) is 13.5. The van der Waals surface area contributed by atoms with Gasteiger partial charge in [0.25, 0.3) is 0 Å². The van der Waals surface area contributed by atoms with Crippen LogP contribution in [0.15, 0.2) is 55.0 Å². The maximum Gasteiger partial charge on any atom is 0.321 e. The van der Waals surface area contributed by atoms with Crippen molar-refractivity contribution >= 4 is 28.6 Å². The van der Waals surface area contributed by atoms with Crippen molar-refractivity contribution in [1.29, 1.82) is 0 Å². The number of ether oxygens (including phenoxy) is 1. The lowest BCUT2D eigenvalue weighted by molar-refractivity contribution is -0.149. The number of hydrogen-bond donors (Lipinski definition) is 1. The summed E-state index contributed by atoms with van der Waals surface area (Å²) in [5.41, 5.74) is 3.72. The van der Waals surface area contributed by atoms with Crippen molar-refractivity contribution in [2.24, 2.45) is 5.92 Å². The number of urea groups is 1. The molecule has 1 atom stereocenters. The van der Waals surface area contributed by atoms with E-state index in [1.165, 1.54) is 6.33 Å². The van der Waals surface area contributed by atoms with Crippen molar-refractivity contribution in [2.75, 3.05) is 25.0 Å². The van der Waals surface area contributed by atoms with E-state index in [4.69, 9.17) is 4.74 Å². The first-order valence-electron chi connectivity index (χ1n) is 10.2. The molecule has 154 valence electrons. The fraction of sp³-hybridized carbons (Fsp3) is 0.304. The molecular weight excluding hydrogens is 380 g/mol. The van der Waals surface area contributed by atoms with Crippen molar-refractivity contribution in [3.63, 3.8) is 0 Å². The minimum absolute atomic E-state index is 0.195. The molecule has 1 fully saturated rings. The molecule has 1 unspecified atom stereocenters. The van der Waals surface area contributed by atoms with E-state index in [0.29, 0.717) is 25.4 Å². The molecule has 1 N–H and O–H groups in total. The molecular formula is C23H24N4O3. The van der Waals surface area contributed by atoms with Crippen LogP contribution in [0.4, 0.5) is 10.5 Å². The van der Waals surface area contributed by atoms with Gasteiger partial charge in [0.2, 0.25) is 0 Å². The van der Waals surface area contributed by atoms with Gasteiger partial charge in [-0.1, -0.05) is 18.2 Å². The second-order valence-electron chi connectivity index (χ2n) is 7.34. The standard InChI is InChI=1S/C23H24N4O3/c1-2-30-22(28)18-4-3-11-27(14-18)23(29)26-20-8-5-16(6-9-20)17-7-10-21-19(12-17)13-24-15-25-21/h5-10,12-13,15,18H,2-4,11,14H2,1H3,(H,26,29). The molecule has 0 radical (unpaired) electrons. The highest BCUT2D eigenvalue weighted by Gasteiger charge is 2.29. The summed E-state index contributed by atoms with van der Waals surface area (Å²) in [7, 11) is 0. The Morgan fingerprint density at radius 3 is 2.77 bits per heavy atom. The summed E-state index contributed by atoms with van der Waals surface area (Å²) >= 11 is 0. The number of likely N-dealkylation sites (tertiary alicyclic amines) is 1. The van der Waals surface area contributed by atoms with Crippen LogP contribution in [0.3, 0.4) is 0 Å². The highest BCUT2D eigenvalue weighted by atomic mass is 16.5. The molecule has 7 nitrogen and oxygen atoms in total. The van der Waals surface area contributed by atoms with Gasteiger partial charge in [-0.2, -0.15) is 0 Å². The van der Waals surface area contributed by atoms with Crippen molar-refractivity contribution in [3.05, 3.63) is 55.0 Å². The van der Waals surface area contributed by atoms with E-state index < -0.39 is 0 Å². The van der Waals surface area contributed by atoms with Gasteiger partial charge in [-0.05, 0) is 55.2 Å². The van der Waals surface area contributed by atoms with Gasteiger partial charge >= 0.3 is 12.0 Å². The van der Waals surface area contributed by atoms with Crippen LogP contribution >= 0.6 is 0 Å². The van der Waals surface area contributed by atoms with Crippen LogP contribution < -0.4 is 5.32 Å². The third-order valence-electron chi connectivity index (χ3n) is 5.30. The topological polar surface area (TPSA) is 84.4 Å². The molecule has 2 heterocycles. The van der Waals surface area contributed by atoms with Crippen LogP contribution in [-0.4, -0.2) is 46.6 Å². The van der Waals surface area contributed by atoms with E-state index in [1.807, 2.05) is 42.5 Å². The van der Waals surface area contributed by atoms with Crippen molar-refractivity contribution in [2.45, 2.75) is 19.8 Å². The lowest BCUT2D eigenvalue weighted by atomic mass is 9.98. The Bertz CT molecular complexity index is 1050. The highest BCUT2D eigenvalue weighted by Crippen LogP contribution is 2.25. The van der Waals surface area contributed by atoms with Crippen molar-refractivity contribution in [1.82, 2.24) is 14.9 Å². The lowest BCUT2D eigenvalue weighted by Crippen LogP contribution is -2.44. The molecule has 4 rings (SSSR count). The minimum Gasteiger partial charge on any atom is -0.466 e. The summed E-state index contributed by atoms with van der Waals surface area (Å²) in [5.74, 6) is -0.469. The Morgan fingerprint density at radius 2 is 1.97 bits per heavy atom.